The zero-order valence-corrected chi connectivity index (χ0v) is 17.2. The van der Waals surface area contributed by atoms with E-state index in [0.29, 0.717) is 17.4 Å². The second-order valence-electron chi connectivity index (χ2n) is 7.65. The van der Waals surface area contributed by atoms with Gasteiger partial charge in [0.05, 0.1) is 18.8 Å². The Balaban J connectivity index is 1.52. The lowest BCUT2D eigenvalue weighted by molar-refractivity contribution is 0.405. The third-order valence-electron chi connectivity index (χ3n) is 5.69. The predicted octanol–water partition coefficient (Wildman–Crippen LogP) is 4.30. The summed E-state index contributed by atoms with van der Waals surface area (Å²) in [5.74, 6) is 0.976. The van der Waals surface area contributed by atoms with E-state index in [1.165, 1.54) is 26.0 Å². The molecule has 3 aromatic heterocycles. The van der Waals surface area contributed by atoms with Crippen LogP contribution in [0.5, 0.6) is 5.75 Å². The number of fused-ring (bicyclic) bond motifs is 1. The fourth-order valence-electron chi connectivity index (χ4n) is 4.06. The first-order valence-corrected chi connectivity index (χ1v) is 10.0. The summed E-state index contributed by atoms with van der Waals surface area (Å²) < 4.78 is 23.6. The SMILES string of the molecule is COc1cccc(F)c1CNc1ccc(-c2c(C)nn(C3CC3)c2C)c2nncn12. The number of aromatic nitrogens is 5. The van der Waals surface area contributed by atoms with Gasteiger partial charge in [0.15, 0.2) is 5.65 Å². The number of ether oxygens (including phenoxy) is 1. The molecule has 1 aromatic carbocycles. The largest absolute Gasteiger partial charge is 0.496 e. The van der Waals surface area contributed by atoms with E-state index < -0.39 is 0 Å². The zero-order valence-electron chi connectivity index (χ0n) is 17.2. The standard InChI is InChI=1S/C22H23FN6O/c1-13-21(14(2)29(27-13)15-7-8-15)16-9-10-20(28-12-25-26-22(16)28)24-11-17-18(23)5-4-6-19(17)30-3/h4-6,9-10,12,15,24H,7-8,11H2,1-3H3. The number of halogens is 1. The Morgan fingerprint density at radius 2 is 2.03 bits per heavy atom. The minimum absolute atomic E-state index is 0.278. The lowest BCUT2D eigenvalue weighted by Gasteiger charge is -2.14. The van der Waals surface area contributed by atoms with Gasteiger partial charge in [-0.3, -0.25) is 9.08 Å². The second kappa shape index (κ2) is 7.12. The van der Waals surface area contributed by atoms with Gasteiger partial charge in [-0.25, -0.2) is 4.39 Å². The van der Waals surface area contributed by atoms with Crippen molar-refractivity contribution in [3.63, 3.8) is 0 Å². The summed E-state index contributed by atoms with van der Waals surface area (Å²) >= 11 is 0. The van der Waals surface area contributed by atoms with Crippen LogP contribution < -0.4 is 10.1 Å². The van der Waals surface area contributed by atoms with E-state index in [1.54, 1.807) is 18.5 Å². The lowest BCUT2D eigenvalue weighted by Crippen LogP contribution is -2.07. The molecule has 0 saturated heterocycles. The van der Waals surface area contributed by atoms with Crippen LogP contribution in [0.2, 0.25) is 0 Å². The summed E-state index contributed by atoms with van der Waals surface area (Å²) in [4.78, 5) is 0. The van der Waals surface area contributed by atoms with Crippen LogP contribution in [0.4, 0.5) is 10.2 Å². The number of nitrogens with zero attached hydrogens (tertiary/aromatic N) is 5. The molecule has 0 radical (unpaired) electrons. The molecule has 1 aliphatic rings. The first-order chi connectivity index (χ1) is 14.6. The molecule has 4 aromatic rings. The molecule has 7 nitrogen and oxygen atoms in total. The van der Waals surface area contributed by atoms with Gasteiger partial charge < -0.3 is 10.1 Å². The van der Waals surface area contributed by atoms with Crippen molar-refractivity contribution in [3.8, 4) is 16.9 Å². The van der Waals surface area contributed by atoms with Crippen molar-refractivity contribution in [1.82, 2.24) is 24.4 Å². The molecule has 154 valence electrons. The molecule has 0 spiro atoms. The van der Waals surface area contributed by atoms with Gasteiger partial charge in [-0.2, -0.15) is 5.10 Å². The number of pyridine rings is 1. The fourth-order valence-corrected chi connectivity index (χ4v) is 4.06. The molecule has 0 aliphatic heterocycles. The molecule has 3 heterocycles. The summed E-state index contributed by atoms with van der Waals surface area (Å²) in [7, 11) is 1.54. The van der Waals surface area contributed by atoms with Crippen LogP contribution in [-0.2, 0) is 6.54 Å². The van der Waals surface area contributed by atoms with Crippen molar-refractivity contribution in [2.24, 2.45) is 0 Å². The maximum atomic E-state index is 14.3. The number of anilines is 1. The Kier molecular flexibility index (Phi) is 4.42. The molecule has 0 bridgehead atoms. The number of methoxy groups -OCH3 is 1. The number of nitrogens with one attached hydrogen (secondary N) is 1. The molecule has 0 atom stereocenters. The normalized spacial score (nSPS) is 13.7. The number of aryl methyl sites for hydroxylation is 1. The van der Waals surface area contributed by atoms with Gasteiger partial charge in [-0.1, -0.05) is 6.07 Å². The Morgan fingerprint density at radius 3 is 2.80 bits per heavy atom. The fraction of sp³-hybridized carbons (Fsp3) is 0.318. The van der Waals surface area contributed by atoms with Gasteiger partial charge in [0.1, 0.15) is 23.7 Å². The van der Waals surface area contributed by atoms with Gasteiger partial charge >= 0.3 is 0 Å². The molecule has 5 rings (SSSR count). The van der Waals surface area contributed by atoms with E-state index in [4.69, 9.17) is 9.84 Å². The van der Waals surface area contributed by atoms with Crippen molar-refractivity contribution in [1.29, 1.82) is 0 Å². The van der Waals surface area contributed by atoms with Crippen LogP contribution in [-0.4, -0.2) is 31.5 Å². The van der Waals surface area contributed by atoms with Crippen molar-refractivity contribution < 1.29 is 9.13 Å². The summed E-state index contributed by atoms with van der Waals surface area (Å²) in [5.41, 5.74) is 5.44. The average Bonchev–Trinajstić information content (AvgIpc) is 3.38. The first kappa shape index (κ1) is 18.6. The van der Waals surface area contributed by atoms with Gasteiger partial charge in [0.25, 0.3) is 0 Å². The third kappa shape index (κ3) is 2.99. The quantitative estimate of drug-likeness (QED) is 0.517. The van der Waals surface area contributed by atoms with Crippen molar-refractivity contribution >= 4 is 11.5 Å². The third-order valence-corrected chi connectivity index (χ3v) is 5.69. The molecule has 1 N–H and O–H groups in total. The van der Waals surface area contributed by atoms with E-state index in [1.807, 2.05) is 23.5 Å². The van der Waals surface area contributed by atoms with Crippen molar-refractivity contribution in [3.05, 3.63) is 59.4 Å². The Morgan fingerprint density at radius 1 is 1.20 bits per heavy atom. The van der Waals surface area contributed by atoms with Gasteiger partial charge in [0.2, 0.25) is 0 Å². The van der Waals surface area contributed by atoms with Crippen LogP contribution >= 0.6 is 0 Å². The molecule has 1 saturated carbocycles. The molecule has 1 fully saturated rings. The van der Waals surface area contributed by atoms with E-state index in [0.717, 1.165) is 34.0 Å². The summed E-state index contributed by atoms with van der Waals surface area (Å²) in [6, 6.07) is 9.33. The topological polar surface area (TPSA) is 69.3 Å². The highest BCUT2D eigenvalue weighted by Crippen LogP contribution is 2.39. The highest BCUT2D eigenvalue weighted by molar-refractivity contribution is 5.82. The molecule has 0 amide bonds. The van der Waals surface area contributed by atoms with E-state index in [2.05, 4.69) is 27.1 Å². The number of hydrogen-bond acceptors (Lipinski definition) is 5. The number of hydrogen-bond donors (Lipinski definition) is 1. The first-order valence-electron chi connectivity index (χ1n) is 10.0. The van der Waals surface area contributed by atoms with E-state index >= 15 is 0 Å². The van der Waals surface area contributed by atoms with Gasteiger partial charge in [-0.15, -0.1) is 10.2 Å². The molecule has 1 aliphatic carbocycles. The number of rotatable bonds is 6. The predicted molar refractivity (Wildman–Crippen MR) is 112 cm³/mol. The maximum absolute atomic E-state index is 14.3. The zero-order chi connectivity index (χ0) is 20.8. The molecule has 8 heteroatoms. The van der Waals surface area contributed by atoms with E-state index in [9.17, 15) is 4.39 Å². The molecule has 0 unspecified atom stereocenters. The van der Waals surface area contributed by atoms with Crippen LogP contribution in [0.3, 0.4) is 0 Å². The minimum atomic E-state index is -0.308. The van der Waals surface area contributed by atoms with Crippen LogP contribution in [0, 0.1) is 19.7 Å². The van der Waals surface area contributed by atoms with Crippen LogP contribution in [0.15, 0.2) is 36.7 Å². The average molecular weight is 406 g/mol. The molecular formula is C22H23FN6O. The minimum Gasteiger partial charge on any atom is -0.496 e. The van der Waals surface area contributed by atoms with Crippen LogP contribution in [0.1, 0.15) is 35.8 Å². The van der Waals surface area contributed by atoms with Crippen molar-refractivity contribution in [2.75, 3.05) is 12.4 Å². The summed E-state index contributed by atoms with van der Waals surface area (Å²) in [5, 5.41) is 16.5. The smallest absolute Gasteiger partial charge is 0.170 e. The Labute approximate surface area is 173 Å². The van der Waals surface area contributed by atoms with Gasteiger partial charge in [-0.05, 0) is 51.0 Å². The lowest BCUT2D eigenvalue weighted by atomic mass is 10.0. The molecular weight excluding hydrogens is 383 g/mol. The number of benzene rings is 1. The van der Waals surface area contributed by atoms with Gasteiger partial charge in [0, 0.05) is 28.9 Å². The summed E-state index contributed by atoms with van der Waals surface area (Å²) in [6.07, 6.45) is 4.03. The Hall–Kier alpha value is -3.42. The highest BCUT2D eigenvalue weighted by Gasteiger charge is 2.28. The summed E-state index contributed by atoms with van der Waals surface area (Å²) in [6.45, 7) is 4.42. The maximum Gasteiger partial charge on any atom is 0.170 e. The second-order valence-corrected chi connectivity index (χ2v) is 7.65. The van der Waals surface area contributed by atoms with Crippen LogP contribution in [0.25, 0.3) is 16.8 Å². The Bertz CT molecular complexity index is 1240. The monoisotopic (exact) mass is 406 g/mol. The van der Waals surface area contributed by atoms with E-state index in [-0.39, 0.29) is 12.4 Å². The van der Waals surface area contributed by atoms with Crippen molar-refractivity contribution in [2.45, 2.75) is 39.3 Å². The highest BCUT2D eigenvalue weighted by atomic mass is 19.1. The molecule has 30 heavy (non-hydrogen) atoms.